The first-order valence-electron chi connectivity index (χ1n) is 6.41. The van der Waals surface area contributed by atoms with Gasteiger partial charge in [-0.05, 0) is 25.4 Å². The molecule has 0 spiro atoms. The molecule has 2 rings (SSSR count). The lowest BCUT2D eigenvalue weighted by atomic mass is 10.3. The highest BCUT2D eigenvalue weighted by molar-refractivity contribution is 7.11. The maximum absolute atomic E-state index is 11.3. The van der Waals surface area contributed by atoms with Gasteiger partial charge < -0.3 is 20.3 Å². The molecule has 1 fully saturated rings. The molecule has 0 bridgehead atoms. The van der Waals surface area contributed by atoms with E-state index in [1.807, 2.05) is 18.7 Å². The average molecular weight is 284 g/mol. The van der Waals surface area contributed by atoms with Crippen molar-refractivity contribution in [3.8, 4) is 5.75 Å². The zero-order valence-corrected chi connectivity index (χ0v) is 12.4. The van der Waals surface area contributed by atoms with Crippen LogP contribution in [-0.2, 0) is 4.79 Å². The molecule has 0 aliphatic carbocycles. The molecule has 1 aromatic heterocycles. The van der Waals surface area contributed by atoms with Gasteiger partial charge in [-0.25, -0.2) is 0 Å². The van der Waals surface area contributed by atoms with Crippen LogP contribution in [0.2, 0.25) is 0 Å². The molecule has 1 aliphatic heterocycles. The molecule has 6 nitrogen and oxygen atoms in total. The van der Waals surface area contributed by atoms with Crippen LogP contribution in [-0.4, -0.2) is 47.5 Å². The molecular weight excluding hydrogens is 264 g/mol. The molecule has 7 heteroatoms. The van der Waals surface area contributed by atoms with E-state index in [1.165, 1.54) is 11.5 Å². The lowest BCUT2D eigenvalue weighted by Gasteiger charge is -2.34. The van der Waals surface area contributed by atoms with Gasteiger partial charge in [-0.2, -0.15) is 4.37 Å². The number of anilines is 2. The van der Waals surface area contributed by atoms with Gasteiger partial charge in [0.1, 0.15) is 0 Å². The number of carbonyl (C=O) groups excluding carboxylic acids is 1. The van der Waals surface area contributed by atoms with Crippen LogP contribution in [0.15, 0.2) is 0 Å². The summed E-state index contributed by atoms with van der Waals surface area (Å²) >= 11 is 1.36. The number of hydrogen-bond acceptors (Lipinski definition) is 6. The Bertz CT molecular complexity index is 453. The minimum atomic E-state index is 0.0657. The normalized spacial score (nSPS) is 16.0. The zero-order valence-electron chi connectivity index (χ0n) is 11.5. The Morgan fingerprint density at radius 2 is 2.00 bits per heavy atom. The third kappa shape index (κ3) is 3.09. The Kier molecular flexibility index (Phi) is 4.14. The topological polar surface area (TPSA) is 71.7 Å². The molecule has 0 unspecified atom stereocenters. The lowest BCUT2D eigenvalue weighted by Crippen LogP contribution is -2.48. The molecule has 1 aliphatic rings. The van der Waals surface area contributed by atoms with Gasteiger partial charge in [0.25, 0.3) is 0 Å². The number of ether oxygens (including phenoxy) is 1. The molecule has 0 aromatic carbocycles. The van der Waals surface area contributed by atoms with Gasteiger partial charge in [0.2, 0.25) is 5.91 Å². The highest BCUT2D eigenvalue weighted by Gasteiger charge is 2.24. The molecule has 106 valence electrons. The van der Waals surface area contributed by atoms with E-state index >= 15 is 0 Å². The second kappa shape index (κ2) is 5.64. The maximum atomic E-state index is 11.3. The van der Waals surface area contributed by atoms with Crippen molar-refractivity contribution in [1.82, 2.24) is 9.27 Å². The van der Waals surface area contributed by atoms with Gasteiger partial charge in [0.15, 0.2) is 16.6 Å². The predicted molar refractivity (Wildman–Crippen MR) is 76.8 cm³/mol. The standard InChI is InChI=1S/C12H20N4O2S/c1-8(2)18-10-11(13)14-19-12(10)16-6-4-15(5-7-16)9(3)17/h8H,4-7H2,1-3H3,(H2,13,14). The van der Waals surface area contributed by atoms with Crippen LogP contribution in [0, 0.1) is 0 Å². The van der Waals surface area contributed by atoms with Crippen LogP contribution in [0.4, 0.5) is 10.8 Å². The number of amides is 1. The Morgan fingerprint density at radius 3 is 2.53 bits per heavy atom. The minimum Gasteiger partial charge on any atom is -0.484 e. The summed E-state index contributed by atoms with van der Waals surface area (Å²) in [7, 11) is 0. The molecule has 1 aromatic rings. The molecule has 1 saturated heterocycles. The number of hydrogen-bond donors (Lipinski definition) is 1. The fraction of sp³-hybridized carbons (Fsp3) is 0.667. The van der Waals surface area contributed by atoms with Crippen LogP contribution in [0.1, 0.15) is 20.8 Å². The summed E-state index contributed by atoms with van der Waals surface area (Å²) in [5, 5.41) is 0.967. The van der Waals surface area contributed by atoms with Crippen LogP contribution in [0.5, 0.6) is 5.75 Å². The highest BCUT2D eigenvalue weighted by Crippen LogP contribution is 2.39. The fourth-order valence-electron chi connectivity index (χ4n) is 2.06. The first-order valence-corrected chi connectivity index (χ1v) is 7.18. The summed E-state index contributed by atoms with van der Waals surface area (Å²) < 4.78 is 9.92. The number of nitrogen functional groups attached to an aromatic ring is 1. The largest absolute Gasteiger partial charge is 0.484 e. The zero-order chi connectivity index (χ0) is 14.0. The number of rotatable bonds is 3. The Hall–Kier alpha value is -1.50. The SMILES string of the molecule is CC(=O)N1CCN(c2snc(N)c2OC(C)C)CC1. The van der Waals surface area contributed by atoms with E-state index in [0.717, 1.165) is 31.2 Å². The number of nitrogens with two attached hydrogens (primary N) is 1. The monoisotopic (exact) mass is 284 g/mol. The van der Waals surface area contributed by atoms with Crippen LogP contribution in [0.25, 0.3) is 0 Å². The van der Waals surface area contributed by atoms with Gasteiger partial charge in [0.05, 0.1) is 6.10 Å². The summed E-state index contributed by atoms with van der Waals surface area (Å²) in [5.74, 6) is 1.25. The van der Waals surface area contributed by atoms with Crippen LogP contribution < -0.4 is 15.4 Å². The molecule has 19 heavy (non-hydrogen) atoms. The molecular formula is C12H20N4O2S. The van der Waals surface area contributed by atoms with Crippen molar-refractivity contribution in [3.05, 3.63) is 0 Å². The molecule has 1 amide bonds. The molecule has 0 saturated carbocycles. The van der Waals surface area contributed by atoms with Gasteiger partial charge in [-0.1, -0.05) is 0 Å². The van der Waals surface area contributed by atoms with Crippen molar-refractivity contribution < 1.29 is 9.53 Å². The second-order valence-electron chi connectivity index (χ2n) is 4.86. The van der Waals surface area contributed by atoms with Gasteiger partial charge in [0, 0.05) is 33.1 Å². The van der Waals surface area contributed by atoms with E-state index in [9.17, 15) is 4.79 Å². The van der Waals surface area contributed by atoms with E-state index < -0.39 is 0 Å². The molecule has 0 radical (unpaired) electrons. The summed E-state index contributed by atoms with van der Waals surface area (Å²) in [6.07, 6.45) is 0.0657. The molecule has 2 heterocycles. The fourth-order valence-corrected chi connectivity index (χ4v) is 2.86. The van der Waals surface area contributed by atoms with Gasteiger partial charge in [-0.15, -0.1) is 0 Å². The van der Waals surface area contributed by atoms with Crippen molar-refractivity contribution in [3.63, 3.8) is 0 Å². The Labute approximate surface area is 117 Å². The van der Waals surface area contributed by atoms with E-state index in [0.29, 0.717) is 11.6 Å². The third-order valence-electron chi connectivity index (χ3n) is 3.02. The van der Waals surface area contributed by atoms with Gasteiger partial charge in [-0.3, -0.25) is 4.79 Å². The number of nitrogens with zero attached hydrogens (tertiary/aromatic N) is 3. The van der Waals surface area contributed by atoms with Crippen LogP contribution >= 0.6 is 11.5 Å². The van der Waals surface area contributed by atoms with Crippen molar-refractivity contribution in [1.29, 1.82) is 0 Å². The predicted octanol–water partition coefficient (Wildman–Crippen LogP) is 1.18. The Morgan fingerprint density at radius 1 is 1.37 bits per heavy atom. The molecule has 0 atom stereocenters. The second-order valence-corrected chi connectivity index (χ2v) is 5.61. The highest BCUT2D eigenvalue weighted by atomic mass is 32.1. The quantitative estimate of drug-likeness (QED) is 0.902. The van der Waals surface area contributed by atoms with E-state index in [2.05, 4.69) is 9.27 Å². The maximum Gasteiger partial charge on any atom is 0.219 e. The lowest BCUT2D eigenvalue weighted by molar-refractivity contribution is -0.129. The average Bonchev–Trinajstić information content (AvgIpc) is 2.71. The first kappa shape index (κ1) is 13.9. The van der Waals surface area contributed by atoms with Gasteiger partial charge >= 0.3 is 0 Å². The minimum absolute atomic E-state index is 0.0657. The van der Waals surface area contributed by atoms with E-state index in [-0.39, 0.29) is 12.0 Å². The summed E-state index contributed by atoms with van der Waals surface area (Å²) in [4.78, 5) is 15.3. The van der Waals surface area contributed by atoms with E-state index in [4.69, 9.17) is 10.5 Å². The number of carbonyl (C=O) groups is 1. The van der Waals surface area contributed by atoms with Crippen LogP contribution in [0.3, 0.4) is 0 Å². The van der Waals surface area contributed by atoms with E-state index in [1.54, 1.807) is 6.92 Å². The third-order valence-corrected chi connectivity index (χ3v) is 3.93. The first-order chi connectivity index (χ1) is 8.99. The van der Waals surface area contributed by atoms with Crippen molar-refractivity contribution >= 4 is 28.3 Å². The summed E-state index contributed by atoms with van der Waals surface area (Å²) in [6.45, 7) is 8.57. The Balaban J connectivity index is 2.09. The molecule has 2 N–H and O–H groups in total. The number of aromatic nitrogens is 1. The van der Waals surface area contributed by atoms with Crippen molar-refractivity contribution in [2.75, 3.05) is 36.8 Å². The summed E-state index contributed by atoms with van der Waals surface area (Å²) in [5.41, 5.74) is 5.85. The van der Waals surface area contributed by atoms with Crippen molar-refractivity contribution in [2.24, 2.45) is 0 Å². The number of piperazine rings is 1. The van der Waals surface area contributed by atoms with Crippen molar-refractivity contribution in [2.45, 2.75) is 26.9 Å². The smallest absolute Gasteiger partial charge is 0.219 e. The summed E-state index contributed by atoms with van der Waals surface area (Å²) in [6, 6.07) is 0.